The van der Waals surface area contributed by atoms with Crippen LogP contribution >= 0.6 is 0 Å². The third-order valence-electron chi connectivity index (χ3n) is 5.49. The van der Waals surface area contributed by atoms with E-state index in [1.807, 2.05) is 19.1 Å². The Kier molecular flexibility index (Phi) is 8.79. The normalized spacial score (nSPS) is 11.7. The van der Waals surface area contributed by atoms with Gasteiger partial charge in [0.2, 0.25) is 5.88 Å². The van der Waals surface area contributed by atoms with Crippen LogP contribution in [0.4, 0.5) is 4.39 Å². The van der Waals surface area contributed by atoms with Crippen LogP contribution in [0.1, 0.15) is 66.7 Å². The highest BCUT2D eigenvalue weighted by molar-refractivity contribution is 5.93. The maximum atomic E-state index is 14.5. The molecule has 0 bridgehead atoms. The highest BCUT2D eigenvalue weighted by Gasteiger charge is 2.24. The number of halogens is 1. The van der Waals surface area contributed by atoms with Gasteiger partial charge >= 0.3 is 5.97 Å². The van der Waals surface area contributed by atoms with Gasteiger partial charge in [0.15, 0.2) is 5.69 Å². The number of para-hydroxylation sites is 1. The Morgan fingerprint density at radius 3 is 2.56 bits per heavy atom. The lowest BCUT2D eigenvalue weighted by atomic mass is 9.98. The number of carbonyl (C=O) groups is 2. The highest BCUT2D eigenvalue weighted by Crippen LogP contribution is 2.24. The minimum Gasteiger partial charge on any atom is -0.481 e. The predicted octanol–water partition coefficient (Wildman–Crippen LogP) is 5.22. The number of rotatable bonds is 12. The molecule has 0 saturated carbocycles. The molecular weight excluding hydrogens is 437 g/mol. The van der Waals surface area contributed by atoms with Gasteiger partial charge in [0.1, 0.15) is 11.5 Å². The van der Waals surface area contributed by atoms with Crippen molar-refractivity contribution in [2.45, 2.75) is 52.0 Å². The van der Waals surface area contributed by atoms with Gasteiger partial charge in [0, 0.05) is 6.07 Å². The minimum atomic E-state index is -1.04. The van der Waals surface area contributed by atoms with Crippen LogP contribution in [0.2, 0.25) is 0 Å². The summed E-state index contributed by atoms with van der Waals surface area (Å²) in [7, 11) is 0. The molecule has 0 fully saturated rings. The summed E-state index contributed by atoms with van der Waals surface area (Å²) >= 11 is 0. The number of aryl methyl sites for hydroxylation is 1. The smallest absolute Gasteiger partial charge is 0.305 e. The molecule has 1 atom stereocenters. The molecule has 3 aromatic rings. The number of hydrogen-bond acceptors (Lipinski definition) is 4. The summed E-state index contributed by atoms with van der Waals surface area (Å²) in [5.41, 5.74) is 1.74. The first-order chi connectivity index (χ1) is 16.4. The molecule has 0 aliphatic carbocycles. The van der Waals surface area contributed by atoms with Crippen LogP contribution in [0.25, 0.3) is 5.69 Å². The summed E-state index contributed by atoms with van der Waals surface area (Å²) in [6.07, 6.45) is 3.73. The first kappa shape index (κ1) is 25.0. The number of carboxylic acids is 1. The third kappa shape index (κ3) is 6.43. The first-order valence-electron chi connectivity index (χ1n) is 11.5. The Labute approximate surface area is 198 Å². The third-order valence-corrected chi connectivity index (χ3v) is 5.49. The summed E-state index contributed by atoms with van der Waals surface area (Å²) in [6, 6.07) is 14.1. The number of aromatic nitrogens is 2. The number of carbonyl (C=O) groups excluding carboxylic acids is 1. The van der Waals surface area contributed by atoms with E-state index in [1.54, 1.807) is 30.3 Å². The van der Waals surface area contributed by atoms with Crippen LogP contribution in [-0.4, -0.2) is 33.4 Å². The number of amides is 1. The molecule has 0 radical (unpaired) electrons. The first-order valence-corrected chi connectivity index (χ1v) is 11.5. The van der Waals surface area contributed by atoms with Crippen molar-refractivity contribution in [2.24, 2.45) is 0 Å². The van der Waals surface area contributed by atoms with Crippen molar-refractivity contribution in [1.82, 2.24) is 15.1 Å². The maximum absolute atomic E-state index is 14.5. The molecule has 34 heavy (non-hydrogen) atoms. The number of aliphatic carboxylic acids is 1. The zero-order valence-corrected chi connectivity index (χ0v) is 19.5. The molecule has 2 aromatic carbocycles. The van der Waals surface area contributed by atoms with Crippen LogP contribution in [0, 0.1) is 12.7 Å². The van der Waals surface area contributed by atoms with E-state index in [0.29, 0.717) is 12.2 Å². The Bertz CT molecular complexity index is 1130. The Morgan fingerprint density at radius 1 is 1.12 bits per heavy atom. The van der Waals surface area contributed by atoms with Crippen LogP contribution in [0.15, 0.2) is 54.6 Å². The molecule has 1 heterocycles. The molecule has 1 amide bonds. The van der Waals surface area contributed by atoms with Crippen LogP contribution < -0.4 is 10.1 Å². The lowest BCUT2D eigenvalue weighted by molar-refractivity contribution is -0.137. The van der Waals surface area contributed by atoms with Gasteiger partial charge in [-0.1, -0.05) is 62.6 Å². The average Bonchev–Trinajstić information content (AvgIpc) is 3.23. The van der Waals surface area contributed by atoms with E-state index in [1.165, 1.54) is 16.8 Å². The van der Waals surface area contributed by atoms with Gasteiger partial charge in [-0.25, -0.2) is 4.39 Å². The second-order valence-electron chi connectivity index (χ2n) is 8.12. The Hall–Kier alpha value is -3.68. The summed E-state index contributed by atoms with van der Waals surface area (Å²) in [5.74, 6) is -1.86. The molecule has 0 saturated heterocycles. The Morgan fingerprint density at radius 2 is 1.85 bits per heavy atom. The lowest BCUT2D eigenvalue weighted by Gasteiger charge is -2.18. The van der Waals surface area contributed by atoms with Crippen molar-refractivity contribution in [2.75, 3.05) is 6.61 Å². The van der Waals surface area contributed by atoms with Gasteiger partial charge in [-0.2, -0.15) is 9.78 Å². The van der Waals surface area contributed by atoms with E-state index in [4.69, 9.17) is 4.74 Å². The molecule has 0 aliphatic rings. The van der Waals surface area contributed by atoms with Crippen molar-refractivity contribution < 1.29 is 23.8 Å². The zero-order valence-electron chi connectivity index (χ0n) is 19.5. The largest absolute Gasteiger partial charge is 0.481 e. The average molecular weight is 468 g/mol. The van der Waals surface area contributed by atoms with Gasteiger partial charge < -0.3 is 15.2 Å². The number of nitrogens with zero attached hydrogens (tertiary/aromatic N) is 2. The second kappa shape index (κ2) is 12.0. The SMILES string of the molecule is CCCCCCOc1cc(C(=O)N[C@@H](CC(=O)O)c2ccccc2C)nn1-c1ccccc1F. The number of nitrogens with one attached hydrogen (secondary N) is 1. The molecule has 180 valence electrons. The summed E-state index contributed by atoms with van der Waals surface area (Å²) < 4.78 is 21.6. The van der Waals surface area contributed by atoms with Gasteiger partial charge in [0.05, 0.1) is 19.1 Å². The van der Waals surface area contributed by atoms with E-state index in [2.05, 4.69) is 17.3 Å². The van der Waals surface area contributed by atoms with E-state index in [-0.39, 0.29) is 23.7 Å². The van der Waals surface area contributed by atoms with E-state index in [9.17, 15) is 19.1 Å². The Balaban J connectivity index is 1.87. The quantitative estimate of drug-likeness (QED) is 0.356. The van der Waals surface area contributed by atoms with Gasteiger partial charge in [-0.15, -0.1) is 0 Å². The van der Waals surface area contributed by atoms with Crippen LogP contribution in [-0.2, 0) is 4.79 Å². The molecular formula is C26H30FN3O4. The fourth-order valence-corrected chi connectivity index (χ4v) is 3.70. The summed E-state index contributed by atoms with van der Waals surface area (Å²) in [5, 5.41) is 16.4. The topological polar surface area (TPSA) is 93.4 Å². The highest BCUT2D eigenvalue weighted by atomic mass is 19.1. The molecule has 0 unspecified atom stereocenters. The van der Waals surface area contributed by atoms with Crippen molar-refractivity contribution in [1.29, 1.82) is 0 Å². The monoisotopic (exact) mass is 467 g/mol. The molecule has 8 heteroatoms. The fourth-order valence-electron chi connectivity index (χ4n) is 3.70. The zero-order chi connectivity index (χ0) is 24.5. The molecule has 3 rings (SSSR count). The number of hydrogen-bond donors (Lipinski definition) is 2. The number of unbranched alkanes of at least 4 members (excludes halogenated alkanes) is 3. The van der Waals surface area contributed by atoms with Gasteiger partial charge in [-0.05, 0) is 36.6 Å². The van der Waals surface area contributed by atoms with E-state index >= 15 is 0 Å². The molecule has 0 spiro atoms. The minimum absolute atomic E-state index is 0.00999. The summed E-state index contributed by atoms with van der Waals surface area (Å²) in [4.78, 5) is 24.5. The van der Waals surface area contributed by atoms with E-state index in [0.717, 1.165) is 31.2 Å². The molecule has 1 aromatic heterocycles. The van der Waals surface area contributed by atoms with Crippen molar-refractivity contribution in [3.05, 3.63) is 77.2 Å². The lowest BCUT2D eigenvalue weighted by Crippen LogP contribution is -2.31. The summed E-state index contributed by atoms with van der Waals surface area (Å²) in [6.45, 7) is 4.38. The number of benzene rings is 2. The standard InChI is InChI=1S/C26H30FN3O4/c1-3-4-5-10-15-34-24-16-22(29-30(24)23-14-9-8-13-20(23)27)26(33)28-21(17-25(31)32)19-12-7-6-11-18(19)2/h6-9,11-14,16,21H,3-5,10,15,17H2,1-2H3,(H,28,33)(H,31,32)/t21-/m0/s1. The van der Waals surface area contributed by atoms with E-state index < -0.39 is 23.7 Å². The second-order valence-corrected chi connectivity index (χ2v) is 8.12. The van der Waals surface area contributed by atoms with Crippen molar-refractivity contribution in [3.8, 4) is 11.6 Å². The van der Waals surface area contributed by atoms with Crippen LogP contribution in [0.3, 0.4) is 0 Å². The molecule has 0 aliphatic heterocycles. The van der Waals surface area contributed by atoms with Crippen molar-refractivity contribution >= 4 is 11.9 Å². The molecule has 7 nitrogen and oxygen atoms in total. The van der Waals surface area contributed by atoms with Crippen LogP contribution in [0.5, 0.6) is 5.88 Å². The van der Waals surface area contributed by atoms with Crippen molar-refractivity contribution in [3.63, 3.8) is 0 Å². The molecule has 2 N–H and O–H groups in total. The fraction of sp³-hybridized carbons (Fsp3) is 0.346. The predicted molar refractivity (Wildman–Crippen MR) is 127 cm³/mol. The van der Waals surface area contributed by atoms with Gasteiger partial charge in [0.25, 0.3) is 5.91 Å². The maximum Gasteiger partial charge on any atom is 0.305 e. The number of carboxylic acid groups (broad SMARTS) is 1. The van der Waals surface area contributed by atoms with Gasteiger partial charge in [-0.3, -0.25) is 9.59 Å². The number of ether oxygens (including phenoxy) is 1.